The zero-order chi connectivity index (χ0) is 13.3. The summed E-state index contributed by atoms with van der Waals surface area (Å²) >= 11 is 0. The summed E-state index contributed by atoms with van der Waals surface area (Å²) in [6.45, 7) is 0.364. The lowest BCUT2D eigenvalue weighted by atomic mass is 9.79. The molecule has 0 atom stereocenters. The van der Waals surface area contributed by atoms with E-state index in [1.165, 1.54) is 12.1 Å². The number of aliphatic carboxylic acids is 1. The van der Waals surface area contributed by atoms with Crippen molar-refractivity contribution >= 4 is 5.97 Å². The maximum absolute atomic E-state index is 13.4. The quantitative estimate of drug-likeness (QED) is 0.897. The van der Waals surface area contributed by atoms with Crippen molar-refractivity contribution in [2.75, 3.05) is 7.05 Å². The predicted molar refractivity (Wildman–Crippen MR) is 62.0 cm³/mol. The van der Waals surface area contributed by atoms with Crippen LogP contribution in [-0.4, -0.2) is 29.1 Å². The highest BCUT2D eigenvalue weighted by Gasteiger charge is 2.36. The van der Waals surface area contributed by atoms with Gasteiger partial charge in [0.05, 0.1) is 5.92 Å². The second kappa shape index (κ2) is 5.02. The van der Waals surface area contributed by atoms with Gasteiger partial charge in [0.25, 0.3) is 0 Å². The monoisotopic (exact) mass is 255 g/mol. The zero-order valence-electron chi connectivity index (χ0n) is 10.1. The van der Waals surface area contributed by atoms with E-state index >= 15 is 0 Å². The Bertz CT molecular complexity index is 458. The number of carboxylic acid groups (broad SMARTS) is 1. The first kappa shape index (κ1) is 13.0. The molecule has 1 saturated carbocycles. The number of hydrogen-bond donors (Lipinski definition) is 1. The van der Waals surface area contributed by atoms with Crippen LogP contribution in [0.25, 0.3) is 0 Å². The van der Waals surface area contributed by atoms with Gasteiger partial charge >= 0.3 is 5.97 Å². The summed E-state index contributed by atoms with van der Waals surface area (Å²) < 4.78 is 26.2. The Kier molecular flexibility index (Phi) is 3.61. The number of rotatable bonds is 4. The molecule has 0 radical (unpaired) electrons. The molecule has 0 unspecified atom stereocenters. The van der Waals surface area contributed by atoms with Gasteiger partial charge in [-0.1, -0.05) is 6.07 Å². The largest absolute Gasteiger partial charge is 0.481 e. The molecule has 0 aromatic heterocycles. The number of halogens is 2. The fourth-order valence-corrected chi connectivity index (χ4v) is 2.20. The van der Waals surface area contributed by atoms with E-state index in [0.29, 0.717) is 24.9 Å². The molecule has 0 amide bonds. The van der Waals surface area contributed by atoms with Crippen LogP contribution in [0.5, 0.6) is 0 Å². The summed E-state index contributed by atoms with van der Waals surface area (Å²) in [6, 6.07) is 3.68. The minimum atomic E-state index is -0.771. The topological polar surface area (TPSA) is 40.5 Å². The van der Waals surface area contributed by atoms with Crippen LogP contribution in [0.3, 0.4) is 0 Å². The Labute approximate surface area is 104 Å². The fourth-order valence-electron chi connectivity index (χ4n) is 2.20. The summed E-state index contributed by atoms with van der Waals surface area (Å²) in [5, 5.41) is 8.78. The van der Waals surface area contributed by atoms with Gasteiger partial charge in [0.15, 0.2) is 0 Å². The Balaban J connectivity index is 1.92. The summed E-state index contributed by atoms with van der Waals surface area (Å²) in [7, 11) is 1.82. The first-order valence-corrected chi connectivity index (χ1v) is 5.84. The van der Waals surface area contributed by atoms with Gasteiger partial charge in [-0.2, -0.15) is 0 Å². The maximum atomic E-state index is 13.4. The molecule has 3 nitrogen and oxygen atoms in total. The van der Waals surface area contributed by atoms with Crippen LogP contribution in [-0.2, 0) is 11.3 Å². The lowest BCUT2D eigenvalue weighted by Gasteiger charge is -2.39. The van der Waals surface area contributed by atoms with Gasteiger partial charge in [-0.25, -0.2) is 8.78 Å². The Morgan fingerprint density at radius 3 is 2.67 bits per heavy atom. The van der Waals surface area contributed by atoms with Gasteiger partial charge in [0.2, 0.25) is 0 Å². The van der Waals surface area contributed by atoms with Crippen molar-refractivity contribution in [3.63, 3.8) is 0 Å². The molecule has 0 aliphatic heterocycles. The highest BCUT2D eigenvalue weighted by atomic mass is 19.1. The highest BCUT2D eigenvalue weighted by molar-refractivity contribution is 5.71. The number of hydrogen-bond acceptors (Lipinski definition) is 2. The van der Waals surface area contributed by atoms with E-state index in [1.54, 1.807) is 0 Å². The van der Waals surface area contributed by atoms with Gasteiger partial charge < -0.3 is 5.11 Å². The molecule has 0 saturated heterocycles. The van der Waals surface area contributed by atoms with Gasteiger partial charge in [-0.3, -0.25) is 9.69 Å². The van der Waals surface area contributed by atoms with Crippen LogP contribution in [0, 0.1) is 17.6 Å². The van der Waals surface area contributed by atoms with Crippen LogP contribution >= 0.6 is 0 Å². The van der Waals surface area contributed by atoms with Crippen molar-refractivity contribution < 1.29 is 18.7 Å². The molecular weight excluding hydrogens is 240 g/mol. The third kappa shape index (κ3) is 2.67. The zero-order valence-corrected chi connectivity index (χ0v) is 10.1. The van der Waals surface area contributed by atoms with Gasteiger partial charge in [-0.15, -0.1) is 0 Å². The Morgan fingerprint density at radius 1 is 1.44 bits per heavy atom. The molecule has 1 aromatic carbocycles. The molecule has 1 N–H and O–H groups in total. The first-order valence-electron chi connectivity index (χ1n) is 5.84. The SMILES string of the molecule is CN(Cc1ccc(F)cc1F)C1CC(C(=O)O)C1. The van der Waals surface area contributed by atoms with Gasteiger partial charge in [-0.05, 0) is 26.0 Å². The average Bonchev–Trinajstić information content (AvgIpc) is 2.19. The van der Waals surface area contributed by atoms with Crippen LogP contribution < -0.4 is 0 Å². The number of benzene rings is 1. The smallest absolute Gasteiger partial charge is 0.306 e. The maximum Gasteiger partial charge on any atom is 0.306 e. The van der Waals surface area contributed by atoms with Crippen molar-refractivity contribution in [3.05, 3.63) is 35.4 Å². The van der Waals surface area contributed by atoms with Crippen molar-refractivity contribution in [2.45, 2.75) is 25.4 Å². The number of nitrogens with zero attached hydrogens (tertiary/aromatic N) is 1. The van der Waals surface area contributed by atoms with Crippen molar-refractivity contribution in [3.8, 4) is 0 Å². The molecule has 1 fully saturated rings. The Morgan fingerprint density at radius 2 is 2.11 bits per heavy atom. The van der Waals surface area contributed by atoms with Crippen LogP contribution in [0.2, 0.25) is 0 Å². The molecule has 5 heteroatoms. The summed E-state index contributed by atoms with van der Waals surface area (Å²) in [6.07, 6.45) is 1.18. The summed E-state index contributed by atoms with van der Waals surface area (Å²) in [4.78, 5) is 12.6. The van der Waals surface area contributed by atoms with Gasteiger partial charge in [0, 0.05) is 24.2 Å². The molecule has 1 aromatic rings. The predicted octanol–water partition coefficient (Wildman–Crippen LogP) is 2.26. The van der Waals surface area contributed by atoms with E-state index in [4.69, 9.17) is 5.11 Å². The second-order valence-electron chi connectivity index (χ2n) is 4.81. The first-order chi connectivity index (χ1) is 8.47. The molecular formula is C13H15F2NO2. The molecule has 1 aliphatic carbocycles. The van der Waals surface area contributed by atoms with Crippen LogP contribution in [0.15, 0.2) is 18.2 Å². The minimum Gasteiger partial charge on any atom is -0.481 e. The highest BCUT2D eigenvalue weighted by Crippen LogP contribution is 2.32. The molecule has 0 spiro atoms. The summed E-state index contributed by atoms with van der Waals surface area (Å²) in [5.41, 5.74) is 0.428. The summed E-state index contributed by atoms with van der Waals surface area (Å²) in [5.74, 6) is -2.20. The normalized spacial score (nSPS) is 22.9. The molecule has 0 bridgehead atoms. The fraction of sp³-hybridized carbons (Fsp3) is 0.462. The van der Waals surface area contributed by atoms with E-state index in [1.807, 2.05) is 11.9 Å². The molecule has 1 aliphatic rings. The van der Waals surface area contributed by atoms with Crippen molar-refractivity contribution in [2.24, 2.45) is 5.92 Å². The molecule has 2 rings (SSSR count). The number of carboxylic acids is 1. The van der Waals surface area contributed by atoms with E-state index in [2.05, 4.69) is 0 Å². The molecule has 18 heavy (non-hydrogen) atoms. The second-order valence-corrected chi connectivity index (χ2v) is 4.81. The Hall–Kier alpha value is -1.49. The third-order valence-electron chi connectivity index (χ3n) is 3.52. The van der Waals surface area contributed by atoms with E-state index in [0.717, 1.165) is 6.07 Å². The standard InChI is InChI=1S/C13H15F2NO2/c1-16(11-4-9(5-11)13(17)18)7-8-2-3-10(14)6-12(8)15/h2-3,6,9,11H,4-5,7H2,1H3,(H,17,18). The number of carbonyl (C=O) groups is 1. The van der Waals surface area contributed by atoms with E-state index < -0.39 is 17.6 Å². The van der Waals surface area contributed by atoms with Gasteiger partial charge in [0.1, 0.15) is 11.6 Å². The lowest BCUT2D eigenvalue weighted by Crippen LogP contribution is -2.44. The van der Waals surface area contributed by atoms with Crippen LogP contribution in [0.1, 0.15) is 18.4 Å². The molecule has 0 heterocycles. The third-order valence-corrected chi connectivity index (χ3v) is 3.52. The minimum absolute atomic E-state index is 0.163. The van der Waals surface area contributed by atoms with Crippen LogP contribution in [0.4, 0.5) is 8.78 Å². The van der Waals surface area contributed by atoms with Crippen molar-refractivity contribution in [1.29, 1.82) is 0 Å². The van der Waals surface area contributed by atoms with E-state index in [9.17, 15) is 13.6 Å². The molecule has 98 valence electrons. The average molecular weight is 255 g/mol. The lowest BCUT2D eigenvalue weighted by molar-refractivity contribution is -0.146. The van der Waals surface area contributed by atoms with E-state index in [-0.39, 0.29) is 12.0 Å². The van der Waals surface area contributed by atoms with Crippen molar-refractivity contribution in [1.82, 2.24) is 4.90 Å².